The smallest absolute Gasteiger partial charge is 0.232 e. The SMILES string of the molecule is CC(C)(C)c1ccc2ccccc2c1-c1cnc2ccccc2[n+]1C(C)(C)C. The average Bonchev–Trinajstić information content (AvgIpc) is 2.64. The van der Waals surface area contributed by atoms with E-state index in [2.05, 4.69) is 113 Å². The Bertz CT molecular complexity index is 1170. The highest BCUT2D eigenvalue weighted by Crippen LogP contribution is 2.38. The Morgan fingerprint density at radius 3 is 2.14 bits per heavy atom. The predicted octanol–water partition coefficient (Wildman–Crippen LogP) is 6.40. The van der Waals surface area contributed by atoms with Crippen molar-refractivity contribution in [1.82, 2.24) is 4.98 Å². The third-order valence-electron chi connectivity index (χ3n) is 5.35. The van der Waals surface area contributed by atoms with Crippen LogP contribution in [0.5, 0.6) is 0 Å². The van der Waals surface area contributed by atoms with Crippen LogP contribution < -0.4 is 4.57 Å². The van der Waals surface area contributed by atoms with Crippen molar-refractivity contribution >= 4 is 21.8 Å². The van der Waals surface area contributed by atoms with Gasteiger partial charge in [-0.2, -0.15) is 4.57 Å². The zero-order valence-electron chi connectivity index (χ0n) is 17.7. The molecule has 0 unspecified atom stereocenters. The van der Waals surface area contributed by atoms with E-state index in [4.69, 9.17) is 4.98 Å². The Morgan fingerprint density at radius 2 is 1.43 bits per heavy atom. The molecule has 2 nitrogen and oxygen atoms in total. The summed E-state index contributed by atoms with van der Waals surface area (Å²) < 4.78 is 2.45. The minimum absolute atomic E-state index is 0.0285. The van der Waals surface area contributed by atoms with Gasteiger partial charge in [0.15, 0.2) is 5.54 Å². The molecule has 0 N–H and O–H groups in total. The topological polar surface area (TPSA) is 16.8 Å². The summed E-state index contributed by atoms with van der Waals surface area (Å²) in [5.41, 5.74) is 5.96. The Morgan fingerprint density at radius 1 is 0.750 bits per heavy atom. The van der Waals surface area contributed by atoms with E-state index in [-0.39, 0.29) is 11.0 Å². The monoisotopic (exact) mass is 369 g/mol. The van der Waals surface area contributed by atoms with Gasteiger partial charge in [0.1, 0.15) is 11.7 Å². The van der Waals surface area contributed by atoms with Gasteiger partial charge in [0, 0.05) is 26.8 Å². The number of hydrogen-bond donors (Lipinski definition) is 0. The van der Waals surface area contributed by atoms with Crippen molar-refractivity contribution in [2.45, 2.75) is 52.5 Å². The summed E-state index contributed by atoms with van der Waals surface area (Å²) in [6.07, 6.45) is 2.06. The normalized spacial score (nSPS) is 12.6. The highest BCUT2D eigenvalue weighted by atomic mass is 15.1. The fraction of sp³-hybridized carbons (Fsp3) is 0.308. The standard InChI is InChI=1S/C26H29N2/c1-25(2,3)20-16-15-18-11-7-8-12-19(18)24(20)23-17-27-21-13-9-10-14-22(21)28(23)26(4,5)6/h7-17H,1-6H3/q+1. The highest BCUT2D eigenvalue weighted by molar-refractivity contribution is 5.97. The average molecular weight is 370 g/mol. The second kappa shape index (κ2) is 6.41. The van der Waals surface area contributed by atoms with Gasteiger partial charge < -0.3 is 0 Å². The molecule has 0 saturated heterocycles. The van der Waals surface area contributed by atoms with Crippen molar-refractivity contribution < 1.29 is 4.57 Å². The van der Waals surface area contributed by atoms with Crippen LogP contribution in [-0.4, -0.2) is 4.98 Å². The van der Waals surface area contributed by atoms with Gasteiger partial charge in [0.25, 0.3) is 0 Å². The molecule has 142 valence electrons. The maximum absolute atomic E-state index is 4.84. The van der Waals surface area contributed by atoms with Crippen LogP contribution in [0.1, 0.15) is 47.1 Å². The van der Waals surface area contributed by atoms with E-state index >= 15 is 0 Å². The molecule has 2 heteroatoms. The van der Waals surface area contributed by atoms with E-state index in [1.165, 1.54) is 33.1 Å². The van der Waals surface area contributed by atoms with Crippen LogP contribution in [0.25, 0.3) is 33.1 Å². The molecule has 0 bridgehead atoms. The first-order valence-corrected chi connectivity index (χ1v) is 10.0. The number of hydrogen-bond acceptors (Lipinski definition) is 1. The molecule has 0 radical (unpaired) electrons. The Kier molecular flexibility index (Phi) is 4.26. The van der Waals surface area contributed by atoms with Crippen LogP contribution in [0.3, 0.4) is 0 Å². The minimum atomic E-state index is -0.0794. The summed E-state index contributed by atoms with van der Waals surface area (Å²) in [6, 6.07) is 21.6. The lowest BCUT2D eigenvalue weighted by molar-refractivity contribution is -0.720. The van der Waals surface area contributed by atoms with Gasteiger partial charge in [-0.25, -0.2) is 4.98 Å². The number of nitrogens with zero attached hydrogens (tertiary/aromatic N) is 2. The van der Waals surface area contributed by atoms with E-state index in [1.807, 2.05) is 0 Å². The fourth-order valence-corrected chi connectivity index (χ4v) is 4.15. The van der Waals surface area contributed by atoms with E-state index in [0.29, 0.717) is 0 Å². The highest BCUT2D eigenvalue weighted by Gasteiger charge is 2.33. The number of rotatable bonds is 1. The molecule has 0 aliphatic carbocycles. The van der Waals surface area contributed by atoms with Gasteiger partial charge >= 0.3 is 0 Å². The predicted molar refractivity (Wildman–Crippen MR) is 119 cm³/mol. The van der Waals surface area contributed by atoms with Crippen molar-refractivity contribution in [2.75, 3.05) is 0 Å². The molecule has 4 aromatic rings. The van der Waals surface area contributed by atoms with Gasteiger partial charge in [-0.1, -0.05) is 69.3 Å². The maximum Gasteiger partial charge on any atom is 0.232 e. The number of aromatic nitrogens is 2. The third-order valence-corrected chi connectivity index (χ3v) is 5.35. The Labute approximate surface area is 167 Å². The molecule has 0 aliphatic heterocycles. The number of para-hydroxylation sites is 2. The molecule has 0 atom stereocenters. The second-order valence-electron chi connectivity index (χ2n) is 9.60. The number of benzene rings is 3. The van der Waals surface area contributed by atoms with Crippen molar-refractivity contribution in [1.29, 1.82) is 0 Å². The zero-order valence-corrected chi connectivity index (χ0v) is 17.7. The van der Waals surface area contributed by atoms with Crippen LogP contribution in [0.4, 0.5) is 0 Å². The van der Waals surface area contributed by atoms with Gasteiger partial charge in [0.05, 0.1) is 5.56 Å². The van der Waals surface area contributed by atoms with Gasteiger partial charge in [-0.05, 0) is 27.8 Å². The largest absolute Gasteiger partial charge is 0.243 e. The summed E-state index contributed by atoms with van der Waals surface area (Å²) in [5, 5.41) is 2.55. The molecule has 28 heavy (non-hydrogen) atoms. The van der Waals surface area contributed by atoms with E-state index in [0.717, 1.165) is 5.52 Å². The molecular formula is C26H29N2+. The van der Waals surface area contributed by atoms with Crippen molar-refractivity contribution in [2.24, 2.45) is 0 Å². The molecule has 1 heterocycles. The first-order valence-electron chi connectivity index (χ1n) is 10.0. The summed E-state index contributed by atoms with van der Waals surface area (Å²) in [7, 11) is 0. The first kappa shape index (κ1) is 18.6. The van der Waals surface area contributed by atoms with Crippen LogP contribution in [-0.2, 0) is 11.0 Å². The second-order valence-corrected chi connectivity index (χ2v) is 9.60. The summed E-state index contributed by atoms with van der Waals surface area (Å²) in [4.78, 5) is 4.84. The first-order chi connectivity index (χ1) is 13.2. The summed E-state index contributed by atoms with van der Waals surface area (Å²) in [6.45, 7) is 13.7. The Hall–Kier alpha value is -2.74. The Balaban J connectivity index is 2.22. The molecule has 0 amide bonds. The number of fused-ring (bicyclic) bond motifs is 2. The molecule has 0 fully saturated rings. The van der Waals surface area contributed by atoms with Gasteiger partial charge in [-0.3, -0.25) is 0 Å². The lowest BCUT2D eigenvalue weighted by atomic mass is 9.80. The molecule has 0 spiro atoms. The zero-order chi connectivity index (χ0) is 20.1. The fourth-order valence-electron chi connectivity index (χ4n) is 4.15. The quantitative estimate of drug-likeness (QED) is 0.355. The van der Waals surface area contributed by atoms with E-state index in [9.17, 15) is 0 Å². The van der Waals surface area contributed by atoms with Crippen LogP contribution in [0.15, 0.2) is 66.9 Å². The van der Waals surface area contributed by atoms with E-state index in [1.54, 1.807) is 0 Å². The van der Waals surface area contributed by atoms with Crippen LogP contribution in [0, 0.1) is 0 Å². The minimum Gasteiger partial charge on any atom is -0.243 e. The van der Waals surface area contributed by atoms with Crippen molar-refractivity contribution in [3.63, 3.8) is 0 Å². The summed E-state index contributed by atoms with van der Waals surface area (Å²) >= 11 is 0. The molecule has 4 rings (SSSR count). The van der Waals surface area contributed by atoms with Crippen molar-refractivity contribution in [3.8, 4) is 11.3 Å². The third kappa shape index (κ3) is 3.07. The van der Waals surface area contributed by atoms with Gasteiger partial charge in [-0.15, -0.1) is 0 Å². The molecular weight excluding hydrogens is 340 g/mol. The summed E-state index contributed by atoms with van der Waals surface area (Å²) in [5.74, 6) is 0. The van der Waals surface area contributed by atoms with E-state index < -0.39 is 0 Å². The lowest BCUT2D eigenvalue weighted by Gasteiger charge is -2.25. The van der Waals surface area contributed by atoms with Crippen molar-refractivity contribution in [3.05, 3.63) is 72.4 Å². The van der Waals surface area contributed by atoms with Crippen LogP contribution >= 0.6 is 0 Å². The van der Waals surface area contributed by atoms with Gasteiger partial charge in [0.2, 0.25) is 11.2 Å². The molecule has 1 aromatic heterocycles. The lowest BCUT2D eigenvalue weighted by Crippen LogP contribution is -2.52. The molecule has 3 aromatic carbocycles. The molecule has 0 saturated carbocycles. The maximum atomic E-state index is 4.84. The van der Waals surface area contributed by atoms with Crippen LogP contribution in [0.2, 0.25) is 0 Å². The molecule has 0 aliphatic rings.